The van der Waals surface area contributed by atoms with Crippen molar-refractivity contribution < 1.29 is 21.4 Å². The van der Waals surface area contributed by atoms with Crippen LogP contribution in [0.5, 0.6) is 0 Å². The van der Waals surface area contributed by atoms with Gasteiger partial charge in [-0.25, -0.2) is 13.1 Å². The zero-order chi connectivity index (χ0) is 15.6. The van der Waals surface area contributed by atoms with Crippen LogP contribution in [0, 0.1) is 0 Å². The molecule has 0 atom stereocenters. The van der Waals surface area contributed by atoms with Gasteiger partial charge in [0.1, 0.15) is 4.90 Å². The Hall–Kier alpha value is -0.580. The van der Waals surface area contributed by atoms with Crippen LogP contribution in [0.15, 0.2) is 17.0 Å². The monoisotopic (exact) mass is 362 g/mol. The molecule has 0 unspecified atom stereocenters. The summed E-state index contributed by atoms with van der Waals surface area (Å²) in [5.41, 5.74) is 5.62. The fraction of sp³-hybridized carbons (Fsp3) is 0.333. The molecule has 4 N–H and O–H groups in total. The van der Waals surface area contributed by atoms with Gasteiger partial charge < -0.3 is 5.73 Å². The predicted molar refractivity (Wildman–Crippen MR) is 77.1 cm³/mol. The number of nitrogen functional groups attached to an aromatic ring is 1. The van der Waals surface area contributed by atoms with Gasteiger partial charge in [0, 0.05) is 6.54 Å². The Balaban J connectivity index is 2.82. The van der Waals surface area contributed by atoms with E-state index in [1.54, 1.807) is 0 Å². The fourth-order valence-corrected chi connectivity index (χ4v) is 3.66. The maximum atomic E-state index is 11.9. The van der Waals surface area contributed by atoms with Crippen molar-refractivity contribution in [1.29, 1.82) is 0 Å². The van der Waals surface area contributed by atoms with E-state index in [-0.39, 0.29) is 33.6 Å². The quantitative estimate of drug-likeness (QED) is 0.395. The number of nitrogens with one attached hydrogen (secondary N) is 1. The largest absolute Gasteiger partial charge is 0.397 e. The molecule has 0 fully saturated rings. The van der Waals surface area contributed by atoms with E-state index in [0.717, 1.165) is 6.07 Å². The summed E-state index contributed by atoms with van der Waals surface area (Å²) in [6.07, 6.45) is -0.0849. The van der Waals surface area contributed by atoms with Crippen LogP contribution in [-0.2, 0) is 20.1 Å². The lowest BCUT2D eigenvalue weighted by molar-refractivity contribution is 0.480. The van der Waals surface area contributed by atoms with E-state index < -0.39 is 25.9 Å². The number of nitrogens with two attached hydrogens (primary N) is 1. The van der Waals surface area contributed by atoms with Crippen molar-refractivity contribution in [3.63, 3.8) is 0 Å². The molecule has 0 amide bonds. The van der Waals surface area contributed by atoms with E-state index >= 15 is 0 Å². The van der Waals surface area contributed by atoms with Gasteiger partial charge in [-0.1, -0.05) is 23.2 Å². The van der Waals surface area contributed by atoms with Crippen LogP contribution in [0.1, 0.15) is 6.42 Å². The van der Waals surface area contributed by atoms with Gasteiger partial charge in [0.25, 0.3) is 10.1 Å². The maximum Gasteiger partial charge on any atom is 0.264 e. The third kappa shape index (κ3) is 5.08. The van der Waals surface area contributed by atoms with Gasteiger partial charge in [0.15, 0.2) is 0 Å². The summed E-state index contributed by atoms with van der Waals surface area (Å²) in [7, 11) is -8.07. The first-order chi connectivity index (χ1) is 9.03. The number of rotatable bonds is 6. The summed E-state index contributed by atoms with van der Waals surface area (Å²) in [5.74, 6) is -0.550. The second-order valence-electron chi connectivity index (χ2n) is 3.84. The fourth-order valence-electron chi connectivity index (χ4n) is 1.29. The molecule has 0 aromatic heterocycles. The number of anilines is 1. The number of hydrogen-bond donors (Lipinski definition) is 3. The van der Waals surface area contributed by atoms with E-state index in [4.69, 9.17) is 33.5 Å². The van der Waals surface area contributed by atoms with E-state index in [0.29, 0.717) is 0 Å². The summed E-state index contributed by atoms with van der Waals surface area (Å²) in [4.78, 5) is -0.259. The maximum absolute atomic E-state index is 11.9. The topological polar surface area (TPSA) is 127 Å². The van der Waals surface area contributed by atoms with Crippen LogP contribution < -0.4 is 10.5 Å². The Kier molecular flexibility index (Phi) is 5.64. The van der Waals surface area contributed by atoms with Crippen LogP contribution in [0.2, 0.25) is 10.0 Å². The first-order valence-electron chi connectivity index (χ1n) is 5.22. The third-order valence-corrected chi connectivity index (χ3v) is 5.27. The molecule has 0 radical (unpaired) electrons. The lowest BCUT2D eigenvalue weighted by atomic mass is 10.3. The lowest BCUT2D eigenvalue weighted by Crippen LogP contribution is -2.26. The first kappa shape index (κ1) is 17.5. The molecule has 0 spiro atoms. The van der Waals surface area contributed by atoms with Crippen LogP contribution >= 0.6 is 23.2 Å². The van der Waals surface area contributed by atoms with Crippen molar-refractivity contribution in [3.8, 4) is 0 Å². The Morgan fingerprint density at radius 3 is 2.30 bits per heavy atom. The van der Waals surface area contributed by atoms with Crippen LogP contribution in [-0.4, -0.2) is 33.7 Å². The van der Waals surface area contributed by atoms with Crippen molar-refractivity contribution >= 4 is 49.0 Å². The van der Waals surface area contributed by atoms with Gasteiger partial charge in [-0.2, -0.15) is 8.42 Å². The lowest BCUT2D eigenvalue weighted by Gasteiger charge is -2.09. The third-order valence-electron chi connectivity index (χ3n) is 2.21. The number of sulfonamides is 1. The molecule has 0 heterocycles. The Morgan fingerprint density at radius 2 is 1.75 bits per heavy atom. The van der Waals surface area contributed by atoms with E-state index in [1.165, 1.54) is 6.07 Å². The number of hydrogen-bond acceptors (Lipinski definition) is 5. The van der Waals surface area contributed by atoms with Crippen LogP contribution in [0.4, 0.5) is 5.69 Å². The van der Waals surface area contributed by atoms with Crippen LogP contribution in [0.3, 0.4) is 0 Å². The molecule has 0 saturated heterocycles. The van der Waals surface area contributed by atoms with E-state index in [9.17, 15) is 16.8 Å². The van der Waals surface area contributed by atoms with Gasteiger partial charge in [0.05, 0.1) is 21.5 Å². The molecule has 11 heteroatoms. The van der Waals surface area contributed by atoms with E-state index in [2.05, 4.69) is 4.72 Å². The smallest absolute Gasteiger partial charge is 0.264 e. The standard InChI is InChI=1S/C9H12Cl2N2O5S2/c10-6-5-9(7(11)4-8(6)12)20(17,18)13-2-1-3-19(14,15)16/h4-5,13H,1-3,12H2,(H,14,15,16). The van der Waals surface area contributed by atoms with Crippen molar-refractivity contribution in [2.45, 2.75) is 11.3 Å². The molecule has 0 saturated carbocycles. The first-order valence-corrected chi connectivity index (χ1v) is 9.07. The summed E-state index contributed by atoms with van der Waals surface area (Å²) in [5, 5.41) is -0.0677. The minimum Gasteiger partial charge on any atom is -0.397 e. The zero-order valence-corrected chi connectivity index (χ0v) is 13.2. The van der Waals surface area contributed by atoms with Crippen LogP contribution in [0.25, 0.3) is 0 Å². The summed E-state index contributed by atoms with van der Waals surface area (Å²) >= 11 is 11.5. The second kappa shape index (κ2) is 6.46. The van der Waals surface area contributed by atoms with Crippen molar-refractivity contribution in [3.05, 3.63) is 22.2 Å². The normalized spacial score (nSPS) is 12.6. The van der Waals surface area contributed by atoms with Gasteiger partial charge in [0.2, 0.25) is 10.0 Å². The highest BCUT2D eigenvalue weighted by Crippen LogP contribution is 2.29. The summed E-state index contributed by atoms with van der Waals surface area (Å²) < 4.78 is 55.5. The highest BCUT2D eigenvalue weighted by Gasteiger charge is 2.19. The van der Waals surface area contributed by atoms with Gasteiger partial charge in [-0.15, -0.1) is 0 Å². The molecule has 1 rings (SSSR count). The van der Waals surface area contributed by atoms with Crippen molar-refractivity contribution in [2.75, 3.05) is 18.0 Å². The molecule has 0 aliphatic rings. The van der Waals surface area contributed by atoms with Gasteiger partial charge in [-0.05, 0) is 18.6 Å². The minimum atomic E-state index is -4.13. The SMILES string of the molecule is Nc1cc(Cl)c(S(=O)(=O)NCCCS(=O)(=O)O)cc1Cl. The Labute approximate surface area is 126 Å². The molecule has 0 aliphatic heterocycles. The predicted octanol–water partition coefficient (Wildman–Crippen LogP) is 1.13. The van der Waals surface area contributed by atoms with E-state index in [1.807, 2.05) is 0 Å². The minimum absolute atomic E-state index is 0.0349. The molecule has 1 aromatic carbocycles. The van der Waals surface area contributed by atoms with Crippen molar-refractivity contribution in [1.82, 2.24) is 4.72 Å². The average Bonchev–Trinajstić information content (AvgIpc) is 2.28. The molecule has 1 aromatic rings. The van der Waals surface area contributed by atoms with Gasteiger partial charge >= 0.3 is 0 Å². The van der Waals surface area contributed by atoms with Crippen molar-refractivity contribution in [2.24, 2.45) is 0 Å². The highest BCUT2D eigenvalue weighted by molar-refractivity contribution is 7.89. The molecule has 20 heavy (non-hydrogen) atoms. The average molecular weight is 363 g/mol. The number of benzene rings is 1. The Morgan fingerprint density at radius 1 is 1.15 bits per heavy atom. The summed E-state index contributed by atoms with van der Waals surface area (Å²) in [6, 6.07) is 2.31. The highest BCUT2D eigenvalue weighted by atomic mass is 35.5. The molecule has 0 bridgehead atoms. The Bertz CT molecular complexity index is 703. The summed E-state index contributed by atoms with van der Waals surface area (Å²) in [6.45, 7) is -0.180. The number of halogens is 2. The molecule has 0 aliphatic carbocycles. The molecule has 114 valence electrons. The molecular formula is C9H12Cl2N2O5S2. The second-order valence-corrected chi connectivity index (χ2v) is 7.96. The molecular weight excluding hydrogens is 351 g/mol. The zero-order valence-electron chi connectivity index (χ0n) is 10.0. The van der Waals surface area contributed by atoms with Gasteiger partial charge in [-0.3, -0.25) is 4.55 Å². The molecule has 7 nitrogen and oxygen atoms in total.